The van der Waals surface area contributed by atoms with E-state index in [1.165, 1.54) is 7.11 Å². The molecule has 0 aliphatic carbocycles. The predicted molar refractivity (Wildman–Crippen MR) is 116 cm³/mol. The molecule has 0 bridgehead atoms. The average molecular weight is 400 g/mol. The Bertz CT molecular complexity index is 850. The SMILES string of the molecule is COC(=O)c1ccc(NC(=S)N[C@@H](C(=O)Nc2ccccc2C)C(C)C)cc1. The largest absolute Gasteiger partial charge is 0.465 e. The van der Waals surface area contributed by atoms with Crippen LogP contribution in [0.2, 0.25) is 0 Å². The number of nitrogens with one attached hydrogen (secondary N) is 3. The second-order valence-electron chi connectivity index (χ2n) is 6.69. The Morgan fingerprint density at radius 2 is 1.64 bits per heavy atom. The molecule has 0 fully saturated rings. The average Bonchev–Trinajstić information content (AvgIpc) is 2.67. The van der Waals surface area contributed by atoms with Gasteiger partial charge in [0.2, 0.25) is 5.91 Å². The molecular formula is C21H25N3O3S. The Hall–Kier alpha value is -2.93. The summed E-state index contributed by atoms with van der Waals surface area (Å²) in [6.07, 6.45) is 0. The van der Waals surface area contributed by atoms with Crippen LogP contribution >= 0.6 is 12.2 Å². The second-order valence-corrected chi connectivity index (χ2v) is 7.10. The topological polar surface area (TPSA) is 79.5 Å². The van der Waals surface area contributed by atoms with Gasteiger partial charge in [-0.05, 0) is 61.0 Å². The summed E-state index contributed by atoms with van der Waals surface area (Å²) < 4.78 is 4.68. The number of ether oxygens (including phenoxy) is 1. The fourth-order valence-corrected chi connectivity index (χ4v) is 2.82. The summed E-state index contributed by atoms with van der Waals surface area (Å²) in [5.41, 5.74) is 2.92. The summed E-state index contributed by atoms with van der Waals surface area (Å²) >= 11 is 5.35. The van der Waals surface area contributed by atoms with Crippen molar-refractivity contribution in [2.24, 2.45) is 5.92 Å². The molecule has 1 amide bonds. The first-order valence-corrected chi connectivity index (χ1v) is 9.35. The summed E-state index contributed by atoms with van der Waals surface area (Å²) in [5, 5.41) is 9.37. The van der Waals surface area contributed by atoms with Gasteiger partial charge in [-0.1, -0.05) is 32.0 Å². The highest BCUT2D eigenvalue weighted by Gasteiger charge is 2.23. The van der Waals surface area contributed by atoms with Gasteiger partial charge in [0.25, 0.3) is 0 Å². The fraction of sp³-hybridized carbons (Fsp3) is 0.286. The number of hydrogen-bond donors (Lipinski definition) is 3. The minimum Gasteiger partial charge on any atom is -0.465 e. The summed E-state index contributed by atoms with van der Waals surface area (Å²) in [4.78, 5) is 24.2. The molecule has 6 nitrogen and oxygen atoms in total. The lowest BCUT2D eigenvalue weighted by molar-refractivity contribution is -0.118. The molecule has 3 N–H and O–H groups in total. The van der Waals surface area contributed by atoms with Crippen molar-refractivity contribution in [3.63, 3.8) is 0 Å². The van der Waals surface area contributed by atoms with Gasteiger partial charge in [0.1, 0.15) is 6.04 Å². The molecule has 2 aromatic carbocycles. The van der Waals surface area contributed by atoms with Crippen LogP contribution in [0.25, 0.3) is 0 Å². The third-order valence-corrected chi connectivity index (χ3v) is 4.42. The van der Waals surface area contributed by atoms with E-state index < -0.39 is 12.0 Å². The molecule has 0 unspecified atom stereocenters. The van der Waals surface area contributed by atoms with Crippen LogP contribution in [0, 0.1) is 12.8 Å². The maximum atomic E-state index is 12.7. The molecule has 0 saturated heterocycles. The molecule has 0 aliphatic rings. The molecule has 0 saturated carbocycles. The number of para-hydroxylation sites is 1. The first kappa shape index (κ1) is 21.4. The van der Waals surface area contributed by atoms with Crippen LogP contribution in [0.5, 0.6) is 0 Å². The van der Waals surface area contributed by atoms with Crippen LogP contribution in [0.1, 0.15) is 29.8 Å². The van der Waals surface area contributed by atoms with E-state index in [2.05, 4.69) is 20.7 Å². The standard InChI is InChI=1S/C21H25N3O3S/c1-13(2)18(19(25)23-17-8-6-5-7-14(17)3)24-21(28)22-16-11-9-15(10-12-16)20(26)27-4/h5-13,18H,1-4H3,(H,23,25)(H2,22,24,28)/t18-/m1/s1. The summed E-state index contributed by atoms with van der Waals surface area (Å²) in [6, 6.07) is 13.8. The Morgan fingerprint density at radius 3 is 2.21 bits per heavy atom. The van der Waals surface area contributed by atoms with Crippen molar-refractivity contribution >= 4 is 40.6 Å². The van der Waals surface area contributed by atoms with Gasteiger partial charge in [0.05, 0.1) is 12.7 Å². The number of esters is 1. The zero-order chi connectivity index (χ0) is 20.7. The minimum absolute atomic E-state index is 0.0190. The van der Waals surface area contributed by atoms with Gasteiger partial charge >= 0.3 is 5.97 Å². The summed E-state index contributed by atoms with van der Waals surface area (Å²) in [5.74, 6) is -0.542. The molecule has 7 heteroatoms. The molecule has 2 aromatic rings. The van der Waals surface area contributed by atoms with Crippen LogP contribution in [-0.2, 0) is 9.53 Å². The molecular weight excluding hydrogens is 374 g/mol. The van der Waals surface area contributed by atoms with Gasteiger partial charge < -0.3 is 20.7 Å². The van der Waals surface area contributed by atoms with E-state index >= 15 is 0 Å². The lowest BCUT2D eigenvalue weighted by atomic mass is 10.0. The lowest BCUT2D eigenvalue weighted by Gasteiger charge is -2.24. The number of carbonyl (C=O) groups excluding carboxylic acids is 2. The van der Waals surface area contributed by atoms with Gasteiger partial charge in [0.15, 0.2) is 5.11 Å². The maximum absolute atomic E-state index is 12.7. The quantitative estimate of drug-likeness (QED) is 0.507. The van der Waals surface area contributed by atoms with Crippen molar-refractivity contribution in [2.75, 3.05) is 17.7 Å². The van der Waals surface area contributed by atoms with E-state index in [0.29, 0.717) is 16.4 Å². The van der Waals surface area contributed by atoms with Crippen LogP contribution in [0.15, 0.2) is 48.5 Å². The van der Waals surface area contributed by atoms with Crippen LogP contribution < -0.4 is 16.0 Å². The smallest absolute Gasteiger partial charge is 0.337 e. The Kier molecular flexibility index (Phi) is 7.52. The van der Waals surface area contributed by atoms with Gasteiger partial charge in [-0.25, -0.2) is 4.79 Å². The molecule has 0 radical (unpaired) electrons. The third kappa shape index (κ3) is 5.79. The molecule has 2 rings (SSSR count). The molecule has 0 aromatic heterocycles. The zero-order valence-corrected chi connectivity index (χ0v) is 17.2. The second kappa shape index (κ2) is 9.85. The van der Waals surface area contributed by atoms with Crippen LogP contribution in [-0.4, -0.2) is 30.1 Å². The highest BCUT2D eigenvalue weighted by molar-refractivity contribution is 7.80. The molecule has 0 spiro atoms. The highest BCUT2D eigenvalue weighted by atomic mass is 32.1. The Balaban J connectivity index is 2.01. The molecule has 28 heavy (non-hydrogen) atoms. The van der Waals surface area contributed by atoms with Crippen molar-refractivity contribution in [3.8, 4) is 0 Å². The number of anilines is 2. The van der Waals surface area contributed by atoms with Crippen molar-refractivity contribution < 1.29 is 14.3 Å². The number of hydrogen-bond acceptors (Lipinski definition) is 4. The van der Waals surface area contributed by atoms with E-state index in [1.807, 2.05) is 45.0 Å². The number of aryl methyl sites for hydroxylation is 1. The number of rotatable bonds is 6. The van der Waals surface area contributed by atoms with Crippen molar-refractivity contribution in [3.05, 3.63) is 59.7 Å². The zero-order valence-electron chi connectivity index (χ0n) is 16.4. The van der Waals surface area contributed by atoms with Crippen molar-refractivity contribution in [1.29, 1.82) is 0 Å². The van der Waals surface area contributed by atoms with Crippen LogP contribution in [0.4, 0.5) is 11.4 Å². The van der Waals surface area contributed by atoms with E-state index in [4.69, 9.17) is 12.2 Å². The minimum atomic E-state index is -0.506. The number of carbonyl (C=O) groups is 2. The van der Waals surface area contributed by atoms with Crippen LogP contribution in [0.3, 0.4) is 0 Å². The normalized spacial score (nSPS) is 11.5. The van der Waals surface area contributed by atoms with Crippen molar-refractivity contribution in [2.45, 2.75) is 26.8 Å². The van der Waals surface area contributed by atoms with Gasteiger partial charge in [-0.3, -0.25) is 4.79 Å². The third-order valence-electron chi connectivity index (χ3n) is 4.20. The number of benzene rings is 2. The monoisotopic (exact) mass is 399 g/mol. The van der Waals surface area contributed by atoms with E-state index in [9.17, 15) is 9.59 Å². The lowest BCUT2D eigenvalue weighted by Crippen LogP contribution is -2.48. The Morgan fingerprint density at radius 1 is 1.00 bits per heavy atom. The molecule has 0 heterocycles. The van der Waals surface area contributed by atoms with Gasteiger partial charge in [0, 0.05) is 11.4 Å². The predicted octanol–water partition coefficient (Wildman–Crippen LogP) is 3.73. The van der Waals surface area contributed by atoms with Crippen molar-refractivity contribution in [1.82, 2.24) is 5.32 Å². The van der Waals surface area contributed by atoms with E-state index in [-0.39, 0.29) is 11.8 Å². The fourth-order valence-electron chi connectivity index (χ4n) is 2.57. The molecule has 148 valence electrons. The van der Waals surface area contributed by atoms with E-state index in [1.54, 1.807) is 24.3 Å². The summed E-state index contributed by atoms with van der Waals surface area (Å²) in [7, 11) is 1.33. The number of methoxy groups -OCH3 is 1. The van der Waals surface area contributed by atoms with Gasteiger partial charge in [-0.2, -0.15) is 0 Å². The molecule has 0 aliphatic heterocycles. The maximum Gasteiger partial charge on any atom is 0.337 e. The van der Waals surface area contributed by atoms with Gasteiger partial charge in [-0.15, -0.1) is 0 Å². The van der Waals surface area contributed by atoms with E-state index in [0.717, 1.165) is 11.3 Å². The number of amides is 1. The highest BCUT2D eigenvalue weighted by Crippen LogP contribution is 2.15. The Labute approximate surface area is 170 Å². The summed E-state index contributed by atoms with van der Waals surface area (Å²) in [6.45, 7) is 5.84. The number of thiocarbonyl (C=S) groups is 1. The first-order valence-electron chi connectivity index (χ1n) is 8.94. The molecule has 1 atom stereocenters. The first-order chi connectivity index (χ1) is 13.3.